The van der Waals surface area contributed by atoms with Gasteiger partial charge in [0.2, 0.25) is 5.91 Å². The lowest BCUT2D eigenvalue weighted by atomic mass is 9.92. The third-order valence-electron chi connectivity index (χ3n) is 4.48. The summed E-state index contributed by atoms with van der Waals surface area (Å²) in [4.78, 5) is 26.8. The molecule has 0 aliphatic carbocycles. The molecule has 2 atom stereocenters. The Balaban J connectivity index is 2.03. The molecule has 2 rings (SSSR count). The SMILES string of the molecule is CCCCNC(=O)C1CCC(C)N(C(=O)c2cccc(N)c2)C1. The minimum absolute atomic E-state index is 0.0455. The fourth-order valence-corrected chi connectivity index (χ4v) is 2.97. The normalized spacial score (nSPS) is 21.0. The van der Waals surface area contributed by atoms with E-state index in [1.165, 1.54) is 0 Å². The molecule has 23 heavy (non-hydrogen) atoms. The van der Waals surface area contributed by atoms with Gasteiger partial charge in [-0.15, -0.1) is 0 Å². The number of rotatable bonds is 5. The Morgan fingerprint density at radius 2 is 2.13 bits per heavy atom. The lowest BCUT2D eigenvalue weighted by Gasteiger charge is -2.37. The van der Waals surface area contributed by atoms with Crippen LogP contribution in [0.2, 0.25) is 0 Å². The van der Waals surface area contributed by atoms with E-state index in [2.05, 4.69) is 12.2 Å². The number of unbranched alkanes of at least 4 members (excludes halogenated alkanes) is 1. The fourth-order valence-electron chi connectivity index (χ4n) is 2.97. The Kier molecular flexibility index (Phi) is 6.02. The summed E-state index contributed by atoms with van der Waals surface area (Å²) in [5.74, 6) is -0.0975. The highest BCUT2D eigenvalue weighted by Crippen LogP contribution is 2.24. The molecule has 1 aromatic carbocycles. The molecule has 0 radical (unpaired) electrons. The summed E-state index contributed by atoms with van der Waals surface area (Å²) in [5, 5.41) is 2.98. The van der Waals surface area contributed by atoms with Crippen molar-refractivity contribution in [1.82, 2.24) is 10.2 Å². The number of carbonyl (C=O) groups excluding carboxylic acids is 2. The summed E-state index contributed by atoms with van der Waals surface area (Å²) in [6.45, 7) is 5.33. The number of nitrogens with one attached hydrogen (secondary N) is 1. The first-order valence-electron chi connectivity index (χ1n) is 8.47. The van der Waals surface area contributed by atoms with E-state index in [9.17, 15) is 9.59 Å². The Morgan fingerprint density at radius 3 is 2.83 bits per heavy atom. The fraction of sp³-hybridized carbons (Fsp3) is 0.556. The first-order chi connectivity index (χ1) is 11.0. The second-order valence-electron chi connectivity index (χ2n) is 6.35. The zero-order valence-electron chi connectivity index (χ0n) is 14.0. The van der Waals surface area contributed by atoms with Gasteiger partial charge in [0.15, 0.2) is 0 Å². The quantitative estimate of drug-likeness (QED) is 0.647. The molecule has 1 fully saturated rings. The number of hydrogen-bond donors (Lipinski definition) is 2. The van der Waals surface area contributed by atoms with Gasteiger partial charge in [-0.1, -0.05) is 19.4 Å². The van der Waals surface area contributed by atoms with Crippen molar-refractivity contribution in [2.24, 2.45) is 5.92 Å². The van der Waals surface area contributed by atoms with Crippen LogP contribution in [0, 0.1) is 5.92 Å². The van der Waals surface area contributed by atoms with Gasteiger partial charge >= 0.3 is 0 Å². The number of amides is 2. The minimum Gasteiger partial charge on any atom is -0.399 e. The molecule has 2 unspecified atom stereocenters. The Labute approximate surface area is 138 Å². The predicted molar refractivity (Wildman–Crippen MR) is 92.0 cm³/mol. The van der Waals surface area contributed by atoms with Crippen LogP contribution in [0.15, 0.2) is 24.3 Å². The van der Waals surface area contributed by atoms with E-state index >= 15 is 0 Å². The molecule has 1 aliphatic heterocycles. The molecule has 2 amide bonds. The molecule has 0 bridgehead atoms. The number of nitrogen functional groups attached to an aromatic ring is 1. The number of benzene rings is 1. The summed E-state index contributed by atoms with van der Waals surface area (Å²) in [7, 11) is 0. The number of likely N-dealkylation sites (tertiary alicyclic amines) is 1. The van der Waals surface area contributed by atoms with Crippen LogP contribution in [0.25, 0.3) is 0 Å². The lowest BCUT2D eigenvalue weighted by Crippen LogP contribution is -2.49. The van der Waals surface area contributed by atoms with Crippen LogP contribution in [-0.2, 0) is 4.79 Å². The molecular weight excluding hydrogens is 290 g/mol. The average Bonchev–Trinajstić information content (AvgIpc) is 2.54. The molecule has 1 aliphatic rings. The van der Waals surface area contributed by atoms with E-state index in [4.69, 9.17) is 5.73 Å². The Bertz CT molecular complexity index is 559. The average molecular weight is 317 g/mol. The number of nitrogens with zero attached hydrogens (tertiary/aromatic N) is 1. The van der Waals surface area contributed by atoms with Gasteiger partial charge in [0.1, 0.15) is 0 Å². The number of piperidine rings is 1. The summed E-state index contributed by atoms with van der Waals surface area (Å²) < 4.78 is 0. The highest BCUT2D eigenvalue weighted by atomic mass is 16.2. The van der Waals surface area contributed by atoms with Crippen molar-refractivity contribution in [3.63, 3.8) is 0 Å². The van der Waals surface area contributed by atoms with Crippen LogP contribution in [0.3, 0.4) is 0 Å². The minimum atomic E-state index is -0.118. The number of carbonyl (C=O) groups is 2. The third kappa shape index (κ3) is 4.47. The summed E-state index contributed by atoms with van der Waals surface area (Å²) in [6.07, 6.45) is 3.72. The van der Waals surface area contributed by atoms with E-state index in [1.54, 1.807) is 24.3 Å². The van der Waals surface area contributed by atoms with E-state index in [0.717, 1.165) is 25.7 Å². The van der Waals surface area contributed by atoms with Crippen LogP contribution >= 0.6 is 0 Å². The molecule has 1 heterocycles. The van der Waals surface area contributed by atoms with Gasteiger partial charge in [-0.3, -0.25) is 9.59 Å². The van der Waals surface area contributed by atoms with Crippen LogP contribution in [0.5, 0.6) is 0 Å². The summed E-state index contributed by atoms with van der Waals surface area (Å²) in [5.41, 5.74) is 6.93. The van der Waals surface area contributed by atoms with E-state index in [1.807, 2.05) is 11.8 Å². The van der Waals surface area contributed by atoms with Gasteiger partial charge in [-0.2, -0.15) is 0 Å². The van der Waals surface area contributed by atoms with Gasteiger partial charge in [0, 0.05) is 30.4 Å². The summed E-state index contributed by atoms with van der Waals surface area (Å²) >= 11 is 0. The smallest absolute Gasteiger partial charge is 0.254 e. The largest absolute Gasteiger partial charge is 0.399 e. The molecule has 3 N–H and O–H groups in total. The van der Waals surface area contributed by atoms with Gasteiger partial charge in [-0.25, -0.2) is 0 Å². The van der Waals surface area contributed by atoms with Crippen LogP contribution in [0.4, 0.5) is 5.69 Å². The van der Waals surface area contributed by atoms with Crippen LogP contribution in [-0.4, -0.2) is 35.8 Å². The van der Waals surface area contributed by atoms with Gasteiger partial charge < -0.3 is 16.0 Å². The van der Waals surface area contributed by atoms with Crippen LogP contribution < -0.4 is 11.1 Å². The number of nitrogens with two attached hydrogens (primary N) is 1. The molecule has 5 nitrogen and oxygen atoms in total. The second-order valence-corrected chi connectivity index (χ2v) is 6.35. The van der Waals surface area contributed by atoms with Crippen molar-refractivity contribution in [3.05, 3.63) is 29.8 Å². The molecule has 0 saturated carbocycles. The van der Waals surface area contributed by atoms with Crippen molar-refractivity contribution in [2.45, 2.75) is 45.6 Å². The monoisotopic (exact) mass is 317 g/mol. The third-order valence-corrected chi connectivity index (χ3v) is 4.48. The zero-order valence-corrected chi connectivity index (χ0v) is 14.0. The molecule has 5 heteroatoms. The highest BCUT2D eigenvalue weighted by molar-refractivity contribution is 5.95. The Morgan fingerprint density at radius 1 is 1.35 bits per heavy atom. The first kappa shape index (κ1) is 17.3. The van der Waals surface area contributed by atoms with Crippen molar-refractivity contribution in [1.29, 1.82) is 0 Å². The predicted octanol–water partition coefficient (Wildman–Crippen LogP) is 2.43. The van der Waals surface area contributed by atoms with Crippen LogP contribution in [0.1, 0.15) is 49.9 Å². The maximum absolute atomic E-state index is 12.7. The van der Waals surface area contributed by atoms with Crippen molar-refractivity contribution < 1.29 is 9.59 Å². The lowest BCUT2D eigenvalue weighted by molar-refractivity contribution is -0.126. The molecule has 0 aromatic heterocycles. The topological polar surface area (TPSA) is 75.4 Å². The molecule has 0 spiro atoms. The van der Waals surface area contributed by atoms with E-state index < -0.39 is 0 Å². The van der Waals surface area contributed by atoms with E-state index in [-0.39, 0.29) is 23.8 Å². The molecule has 1 aromatic rings. The maximum Gasteiger partial charge on any atom is 0.254 e. The van der Waals surface area contributed by atoms with Gasteiger partial charge in [0.25, 0.3) is 5.91 Å². The van der Waals surface area contributed by atoms with Crippen molar-refractivity contribution in [3.8, 4) is 0 Å². The molecule has 1 saturated heterocycles. The van der Waals surface area contributed by atoms with Crippen molar-refractivity contribution in [2.75, 3.05) is 18.8 Å². The highest BCUT2D eigenvalue weighted by Gasteiger charge is 2.32. The van der Waals surface area contributed by atoms with Gasteiger partial charge in [0.05, 0.1) is 5.92 Å². The maximum atomic E-state index is 12.7. The summed E-state index contributed by atoms with van der Waals surface area (Å²) in [6, 6.07) is 7.16. The number of anilines is 1. The standard InChI is InChI=1S/C18H27N3O2/c1-3-4-10-20-17(22)15-9-8-13(2)21(12-15)18(23)14-6-5-7-16(19)11-14/h5-7,11,13,15H,3-4,8-10,12,19H2,1-2H3,(H,20,22). The first-order valence-corrected chi connectivity index (χ1v) is 8.47. The zero-order chi connectivity index (χ0) is 16.8. The Hall–Kier alpha value is -2.04. The van der Waals surface area contributed by atoms with E-state index in [0.29, 0.717) is 24.3 Å². The van der Waals surface area contributed by atoms with Gasteiger partial charge in [-0.05, 0) is 44.4 Å². The second kappa shape index (κ2) is 7.99. The molecule has 126 valence electrons. The van der Waals surface area contributed by atoms with Crippen molar-refractivity contribution >= 4 is 17.5 Å². The number of hydrogen-bond acceptors (Lipinski definition) is 3. The molecular formula is C18H27N3O2.